The van der Waals surface area contributed by atoms with Crippen molar-refractivity contribution in [2.24, 2.45) is 5.41 Å². The van der Waals surface area contributed by atoms with Gasteiger partial charge in [-0.1, -0.05) is 0 Å². The molecule has 0 fully saturated rings. The molecule has 0 saturated heterocycles. The maximum absolute atomic E-state index is 2.72. The number of hydrogen-bond donors (Lipinski definition) is 0. The van der Waals surface area contributed by atoms with Crippen LogP contribution in [0, 0.1) is 5.41 Å². The van der Waals surface area contributed by atoms with Gasteiger partial charge in [-0.05, 0) is 0 Å². The monoisotopic (exact) mass is 414 g/mol. The van der Waals surface area contributed by atoms with Gasteiger partial charge in [-0.25, -0.2) is 0 Å². The van der Waals surface area contributed by atoms with E-state index in [-0.39, 0.29) is 0 Å². The minimum absolute atomic E-state index is 0.442. The minimum atomic E-state index is -0.442. The summed E-state index contributed by atoms with van der Waals surface area (Å²) in [7, 11) is 0. The van der Waals surface area contributed by atoms with E-state index in [2.05, 4.69) is 51.7 Å². The molecule has 0 N–H and O–H groups in total. The molecule has 2 radical (unpaired) electrons. The van der Waals surface area contributed by atoms with Crippen molar-refractivity contribution in [3.63, 3.8) is 0 Å². The van der Waals surface area contributed by atoms with Crippen molar-refractivity contribution >= 4 is 21.1 Å². The van der Waals surface area contributed by atoms with Crippen LogP contribution in [0.15, 0.2) is 10.2 Å². The zero-order chi connectivity index (χ0) is 16.9. The Kier molecular flexibility index (Phi) is 13.2. The summed E-state index contributed by atoms with van der Waals surface area (Å²) in [6.45, 7) is 14.2. The molecule has 0 aliphatic rings. The molecule has 0 aliphatic heterocycles. The fourth-order valence-electron chi connectivity index (χ4n) is 3.04. The zero-order valence-corrected chi connectivity index (χ0v) is 19.3. The summed E-state index contributed by atoms with van der Waals surface area (Å²) in [4.78, 5) is 0. The molecule has 1 heteroatoms. The molecule has 0 amide bonds. The van der Waals surface area contributed by atoms with Gasteiger partial charge in [0.2, 0.25) is 0 Å². The summed E-state index contributed by atoms with van der Waals surface area (Å²) in [6.07, 6.45) is 18.1. The van der Waals surface area contributed by atoms with Crippen LogP contribution in [0.2, 0.25) is 3.43 Å². The third kappa shape index (κ3) is 8.99. The number of rotatable bonds is 14. The van der Waals surface area contributed by atoms with E-state index in [0.717, 1.165) is 3.43 Å². The summed E-state index contributed by atoms with van der Waals surface area (Å²) in [5.41, 5.74) is 0.451. The average Bonchev–Trinajstić information content (AvgIpc) is 2.55. The fraction of sp³-hybridized carbons (Fsp3) is 0.905. The van der Waals surface area contributed by atoms with Gasteiger partial charge in [0.05, 0.1) is 0 Å². The Bertz CT molecular complexity index is 254. The third-order valence-electron chi connectivity index (χ3n) is 5.52. The van der Waals surface area contributed by atoms with E-state index in [0.29, 0.717) is 5.41 Å². The first-order valence-corrected chi connectivity index (χ1v) is 13.0. The molecule has 0 spiro atoms. The molecule has 0 aromatic heterocycles. The topological polar surface area (TPSA) is 0 Å². The summed E-state index contributed by atoms with van der Waals surface area (Å²) in [5.74, 6) is 0. The van der Waals surface area contributed by atoms with Gasteiger partial charge in [-0.3, -0.25) is 0 Å². The first kappa shape index (κ1) is 22.5. The van der Waals surface area contributed by atoms with E-state index in [9.17, 15) is 0 Å². The molecule has 0 aromatic carbocycles. The molecule has 22 heavy (non-hydrogen) atoms. The van der Waals surface area contributed by atoms with Crippen molar-refractivity contribution in [1.82, 2.24) is 0 Å². The third-order valence-corrected chi connectivity index (χ3v) is 10.4. The van der Waals surface area contributed by atoms with E-state index in [1.54, 1.807) is 0 Å². The van der Waals surface area contributed by atoms with Crippen LogP contribution in [-0.4, -0.2) is 21.1 Å². The number of allylic oxidation sites excluding steroid dienone is 1. The van der Waals surface area contributed by atoms with E-state index < -0.39 is 21.1 Å². The van der Waals surface area contributed by atoms with Crippen LogP contribution in [0.25, 0.3) is 0 Å². The van der Waals surface area contributed by atoms with Gasteiger partial charge in [0.15, 0.2) is 0 Å². The predicted octanol–water partition coefficient (Wildman–Crippen LogP) is 7.76. The molecule has 0 atom stereocenters. The molecule has 0 bridgehead atoms. The molecule has 0 saturated carbocycles. The van der Waals surface area contributed by atoms with Crippen LogP contribution in [0.4, 0.5) is 0 Å². The molecular formula is C21H42Sn. The predicted molar refractivity (Wildman–Crippen MR) is 105 cm³/mol. The molecule has 0 aliphatic carbocycles. The number of unbranched alkanes of at least 4 members (excludes halogenated alkanes) is 3. The molecule has 0 nitrogen and oxygen atoms in total. The Morgan fingerprint density at radius 2 is 1.14 bits per heavy atom. The second-order valence-corrected chi connectivity index (χ2v) is 12.2. The van der Waals surface area contributed by atoms with Crippen molar-refractivity contribution in [3.8, 4) is 0 Å². The van der Waals surface area contributed by atoms with Crippen molar-refractivity contribution in [1.29, 1.82) is 0 Å². The van der Waals surface area contributed by atoms with Gasteiger partial charge in [0, 0.05) is 0 Å². The first-order valence-electron chi connectivity index (χ1n) is 9.96. The van der Waals surface area contributed by atoms with Crippen molar-refractivity contribution < 1.29 is 0 Å². The van der Waals surface area contributed by atoms with Crippen molar-refractivity contribution in [2.75, 3.05) is 0 Å². The molecular weight excluding hydrogens is 371 g/mol. The Balaban J connectivity index is 4.95. The average molecular weight is 413 g/mol. The normalized spacial score (nSPS) is 13.2. The molecule has 130 valence electrons. The zero-order valence-electron chi connectivity index (χ0n) is 16.4. The summed E-state index contributed by atoms with van der Waals surface area (Å²) in [6, 6.07) is 0. The van der Waals surface area contributed by atoms with Crippen LogP contribution >= 0.6 is 0 Å². The van der Waals surface area contributed by atoms with E-state index >= 15 is 0 Å². The first-order chi connectivity index (χ1) is 10.5. The Morgan fingerprint density at radius 3 is 1.45 bits per heavy atom. The van der Waals surface area contributed by atoms with Crippen molar-refractivity contribution in [2.45, 2.75) is 116 Å². The molecule has 0 unspecified atom stereocenters. The SMILES string of the molecule is CCCC[C](CCCC)(CCCC)[Sn]/[CH]=C\C(C)(CC)CC. The van der Waals surface area contributed by atoms with Gasteiger partial charge in [-0.15, -0.1) is 0 Å². The van der Waals surface area contributed by atoms with Gasteiger partial charge in [-0.2, -0.15) is 0 Å². The molecule has 0 heterocycles. The maximum atomic E-state index is 2.72. The summed E-state index contributed by atoms with van der Waals surface area (Å²) < 4.78 is 3.47. The van der Waals surface area contributed by atoms with Crippen LogP contribution in [0.1, 0.15) is 112 Å². The van der Waals surface area contributed by atoms with Gasteiger partial charge in [0.25, 0.3) is 0 Å². The van der Waals surface area contributed by atoms with Crippen LogP contribution in [0.3, 0.4) is 0 Å². The second kappa shape index (κ2) is 12.9. The van der Waals surface area contributed by atoms with Crippen LogP contribution in [0.5, 0.6) is 0 Å². The van der Waals surface area contributed by atoms with E-state index in [1.807, 2.05) is 0 Å². The van der Waals surface area contributed by atoms with E-state index in [1.165, 1.54) is 70.6 Å². The molecule has 0 rings (SSSR count). The Morgan fingerprint density at radius 1 is 0.727 bits per heavy atom. The van der Waals surface area contributed by atoms with Gasteiger partial charge < -0.3 is 0 Å². The Labute approximate surface area is 152 Å². The summed E-state index contributed by atoms with van der Waals surface area (Å²) in [5, 5.41) is 0. The van der Waals surface area contributed by atoms with E-state index in [4.69, 9.17) is 0 Å². The summed E-state index contributed by atoms with van der Waals surface area (Å²) >= 11 is -0.442. The van der Waals surface area contributed by atoms with Crippen molar-refractivity contribution in [3.05, 3.63) is 10.2 Å². The standard InChI is InChI=1S/C13H27.C8H15.Sn/c1-4-7-10-13(11-8-5-2)12-9-6-3;1-5-8(4,6-2)7-3;/h4-12H2,1-3H3;1,5H,6-7H2,2-4H3;. The quantitative estimate of drug-likeness (QED) is 0.255. The second-order valence-electron chi connectivity index (χ2n) is 7.43. The molecule has 0 aromatic rings. The number of hydrogen-bond acceptors (Lipinski definition) is 0. The Hall–Kier alpha value is 0.539. The van der Waals surface area contributed by atoms with Crippen LogP contribution in [-0.2, 0) is 0 Å². The van der Waals surface area contributed by atoms with Crippen LogP contribution < -0.4 is 0 Å². The van der Waals surface area contributed by atoms with Gasteiger partial charge >= 0.3 is 152 Å². The van der Waals surface area contributed by atoms with Gasteiger partial charge in [0.1, 0.15) is 0 Å². The fourth-order valence-corrected chi connectivity index (χ4v) is 8.19.